The predicted octanol–water partition coefficient (Wildman–Crippen LogP) is 4.15. The van der Waals surface area contributed by atoms with E-state index in [-0.39, 0.29) is 11.4 Å². The Kier molecular flexibility index (Phi) is 5.21. The number of aromatic nitrogens is 1. The number of nitrogens with zero attached hydrogens (tertiary/aromatic N) is 3. The molecule has 0 saturated carbocycles. The first kappa shape index (κ1) is 18.2. The number of hydrogen-bond acceptors (Lipinski definition) is 6. The highest BCUT2D eigenvalue weighted by atomic mass is 16.6. The van der Waals surface area contributed by atoms with Crippen molar-refractivity contribution in [1.82, 2.24) is 4.98 Å². The SMILES string of the molecule is CN(C(=O)OC(C)(C)C)c1cc(Oc2cccnc2)ccc1[N+](=O)[O-]. The third-order valence-electron chi connectivity index (χ3n) is 3.04. The van der Waals surface area contributed by atoms with Gasteiger partial charge in [0.05, 0.1) is 11.1 Å². The average Bonchev–Trinajstić information content (AvgIpc) is 2.53. The summed E-state index contributed by atoms with van der Waals surface area (Å²) in [6.07, 6.45) is 2.41. The van der Waals surface area contributed by atoms with Crippen molar-refractivity contribution in [3.05, 3.63) is 52.8 Å². The van der Waals surface area contributed by atoms with Gasteiger partial charge in [-0.2, -0.15) is 0 Å². The van der Waals surface area contributed by atoms with Gasteiger partial charge in [-0.15, -0.1) is 0 Å². The van der Waals surface area contributed by atoms with Gasteiger partial charge in [0.1, 0.15) is 22.8 Å². The van der Waals surface area contributed by atoms with Gasteiger partial charge in [0, 0.05) is 25.4 Å². The van der Waals surface area contributed by atoms with Crippen LogP contribution in [0.2, 0.25) is 0 Å². The number of carbonyl (C=O) groups is 1. The van der Waals surface area contributed by atoms with Crippen LogP contribution in [0.15, 0.2) is 42.7 Å². The topological polar surface area (TPSA) is 94.8 Å². The number of ether oxygens (including phenoxy) is 2. The lowest BCUT2D eigenvalue weighted by atomic mass is 10.2. The highest BCUT2D eigenvalue weighted by molar-refractivity contribution is 5.90. The number of nitro groups is 1. The molecule has 0 aliphatic carbocycles. The second kappa shape index (κ2) is 7.16. The highest BCUT2D eigenvalue weighted by Gasteiger charge is 2.26. The quantitative estimate of drug-likeness (QED) is 0.610. The molecule has 8 nitrogen and oxygen atoms in total. The molecular weight excluding hydrogens is 326 g/mol. The Labute approximate surface area is 145 Å². The van der Waals surface area contributed by atoms with Gasteiger partial charge in [0.15, 0.2) is 0 Å². The van der Waals surface area contributed by atoms with Crippen LogP contribution in [0.3, 0.4) is 0 Å². The first-order valence-corrected chi connectivity index (χ1v) is 7.50. The van der Waals surface area contributed by atoms with Crippen molar-refractivity contribution in [1.29, 1.82) is 0 Å². The molecule has 1 amide bonds. The lowest BCUT2D eigenvalue weighted by Gasteiger charge is -2.24. The molecule has 0 unspecified atom stereocenters. The van der Waals surface area contributed by atoms with Crippen LogP contribution in [0, 0.1) is 10.1 Å². The van der Waals surface area contributed by atoms with Crippen LogP contribution in [0.4, 0.5) is 16.2 Å². The van der Waals surface area contributed by atoms with Crippen molar-refractivity contribution in [3.63, 3.8) is 0 Å². The van der Waals surface area contributed by atoms with Crippen LogP contribution in [0.5, 0.6) is 11.5 Å². The third kappa shape index (κ3) is 4.90. The number of nitro benzene ring substituents is 1. The Morgan fingerprint density at radius 3 is 2.52 bits per heavy atom. The van der Waals surface area contributed by atoms with Crippen molar-refractivity contribution in [2.24, 2.45) is 0 Å². The molecule has 2 aromatic rings. The molecule has 0 radical (unpaired) electrons. The van der Waals surface area contributed by atoms with Gasteiger partial charge >= 0.3 is 6.09 Å². The lowest BCUT2D eigenvalue weighted by molar-refractivity contribution is -0.384. The molecule has 0 aliphatic rings. The van der Waals surface area contributed by atoms with Gasteiger partial charge in [-0.05, 0) is 39.0 Å². The molecule has 0 aliphatic heterocycles. The molecule has 0 N–H and O–H groups in total. The van der Waals surface area contributed by atoms with Crippen LogP contribution in [-0.4, -0.2) is 28.6 Å². The zero-order chi connectivity index (χ0) is 18.6. The Bertz CT molecular complexity index is 772. The standard InChI is InChI=1S/C17H19N3O5/c1-17(2,3)25-16(21)19(4)15-10-12(7-8-14(15)20(22)23)24-13-6-5-9-18-11-13/h5-11H,1-4H3. The molecule has 1 aromatic carbocycles. The number of pyridine rings is 1. The summed E-state index contributed by atoms with van der Waals surface area (Å²) >= 11 is 0. The Morgan fingerprint density at radius 2 is 1.96 bits per heavy atom. The van der Waals surface area contributed by atoms with E-state index >= 15 is 0 Å². The molecule has 0 saturated heterocycles. The van der Waals surface area contributed by atoms with Gasteiger partial charge in [-0.1, -0.05) is 0 Å². The van der Waals surface area contributed by atoms with Crippen molar-refractivity contribution in [2.45, 2.75) is 26.4 Å². The number of benzene rings is 1. The maximum Gasteiger partial charge on any atom is 0.414 e. The van der Waals surface area contributed by atoms with Crippen molar-refractivity contribution in [3.8, 4) is 11.5 Å². The minimum atomic E-state index is -0.718. The van der Waals surface area contributed by atoms with Crippen molar-refractivity contribution >= 4 is 17.5 Å². The molecule has 0 spiro atoms. The molecule has 8 heteroatoms. The van der Waals surface area contributed by atoms with Gasteiger partial charge in [0.25, 0.3) is 5.69 Å². The Morgan fingerprint density at radius 1 is 1.24 bits per heavy atom. The van der Waals surface area contributed by atoms with Gasteiger partial charge < -0.3 is 9.47 Å². The summed E-state index contributed by atoms with van der Waals surface area (Å²) < 4.78 is 10.9. The maximum atomic E-state index is 12.2. The summed E-state index contributed by atoms with van der Waals surface area (Å²) in [6, 6.07) is 7.55. The minimum Gasteiger partial charge on any atom is -0.456 e. The van der Waals surface area contributed by atoms with Crippen molar-refractivity contribution < 1.29 is 19.2 Å². The smallest absolute Gasteiger partial charge is 0.414 e. The Hall–Kier alpha value is -3.16. The van der Waals surface area contributed by atoms with Gasteiger partial charge in [-0.3, -0.25) is 20.0 Å². The van der Waals surface area contributed by atoms with E-state index in [2.05, 4.69) is 4.98 Å². The fraction of sp³-hybridized carbons (Fsp3) is 0.294. The maximum absolute atomic E-state index is 12.2. The van der Waals surface area contributed by atoms with E-state index in [0.29, 0.717) is 11.5 Å². The van der Waals surface area contributed by atoms with E-state index in [1.165, 1.54) is 31.4 Å². The van der Waals surface area contributed by atoms with Crippen LogP contribution in [0.25, 0.3) is 0 Å². The molecule has 0 fully saturated rings. The number of rotatable bonds is 4. The molecule has 1 heterocycles. The zero-order valence-electron chi connectivity index (χ0n) is 14.4. The largest absolute Gasteiger partial charge is 0.456 e. The van der Waals surface area contributed by atoms with E-state index in [1.807, 2.05) is 0 Å². The summed E-state index contributed by atoms with van der Waals surface area (Å²) in [5.41, 5.74) is -0.878. The molecule has 132 valence electrons. The molecule has 2 rings (SSSR count). The number of anilines is 1. The van der Waals surface area contributed by atoms with Crippen LogP contribution in [-0.2, 0) is 4.74 Å². The van der Waals surface area contributed by atoms with E-state index in [9.17, 15) is 14.9 Å². The van der Waals surface area contributed by atoms with Crippen LogP contribution in [0.1, 0.15) is 20.8 Å². The fourth-order valence-corrected chi connectivity index (χ4v) is 1.96. The summed E-state index contributed by atoms with van der Waals surface area (Å²) in [4.78, 5) is 28.0. The van der Waals surface area contributed by atoms with Crippen molar-refractivity contribution in [2.75, 3.05) is 11.9 Å². The number of hydrogen-bond donors (Lipinski definition) is 0. The fourth-order valence-electron chi connectivity index (χ4n) is 1.96. The lowest BCUT2D eigenvalue weighted by Crippen LogP contribution is -2.34. The molecular formula is C17H19N3O5. The zero-order valence-corrected chi connectivity index (χ0v) is 14.4. The highest BCUT2D eigenvalue weighted by Crippen LogP contribution is 2.34. The summed E-state index contributed by atoms with van der Waals surface area (Å²) in [7, 11) is 1.41. The van der Waals surface area contributed by atoms with Crippen LogP contribution >= 0.6 is 0 Å². The minimum absolute atomic E-state index is 0.0700. The van der Waals surface area contributed by atoms with Gasteiger partial charge in [-0.25, -0.2) is 4.79 Å². The predicted molar refractivity (Wildman–Crippen MR) is 92.0 cm³/mol. The monoisotopic (exact) mass is 345 g/mol. The molecule has 25 heavy (non-hydrogen) atoms. The molecule has 0 atom stereocenters. The summed E-state index contributed by atoms with van der Waals surface area (Å²) in [6.45, 7) is 5.15. The Balaban J connectivity index is 2.34. The van der Waals surface area contributed by atoms with E-state index in [4.69, 9.17) is 9.47 Å². The first-order valence-electron chi connectivity index (χ1n) is 7.50. The summed E-state index contributed by atoms with van der Waals surface area (Å²) in [5.74, 6) is 0.811. The second-order valence-corrected chi connectivity index (χ2v) is 6.24. The normalized spacial score (nSPS) is 10.9. The van der Waals surface area contributed by atoms with E-state index in [0.717, 1.165) is 4.90 Å². The van der Waals surface area contributed by atoms with Gasteiger partial charge in [0.2, 0.25) is 0 Å². The van der Waals surface area contributed by atoms with E-state index in [1.54, 1.807) is 39.1 Å². The average molecular weight is 345 g/mol. The molecule has 0 bridgehead atoms. The second-order valence-electron chi connectivity index (χ2n) is 6.24. The van der Waals surface area contributed by atoms with E-state index < -0.39 is 16.6 Å². The first-order chi connectivity index (χ1) is 11.7. The third-order valence-corrected chi connectivity index (χ3v) is 3.04. The summed E-state index contributed by atoms with van der Waals surface area (Å²) in [5, 5.41) is 11.3. The molecule has 1 aromatic heterocycles. The number of amides is 1. The van der Waals surface area contributed by atoms with Crippen LogP contribution < -0.4 is 9.64 Å². The number of carbonyl (C=O) groups excluding carboxylic acids is 1.